The van der Waals surface area contributed by atoms with Crippen molar-refractivity contribution in [2.45, 2.75) is 23.9 Å². The van der Waals surface area contributed by atoms with Crippen molar-refractivity contribution in [1.29, 1.82) is 5.26 Å². The Labute approximate surface area is 117 Å². The number of ether oxygens (including phenoxy) is 1. The van der Waals surface area contributed by atoms with Gasteiger partial charge in [0.1, 0.15) is 6.07 Å². The highest BCUT2D eigenvalue weighted by atomic mass is 32.2. The first kappa shape index (κ1) is 16.3. The van der Waals surface area contributed by atoms with Gasteiger partial charge in [0, 0.05) is 4.90 Å². The van der Waals surface area contributed by atoms with Crippen LogP contribution in [0.5, 0.6) is 0 Å². The van der Waals surface area contributed by atoms with Crippen LogP contribution in [0.3, 0.4) is 0 Å². The quantitative estimate of drug-likeness (QED) is 0.684. The van der Waals surface area contributed by atoms with Crippen LogP contribution in [0, 0.1) is 11.3 Å². The summed E-state index contributed by atoms with van der Waals surface area (Å²) < 4.78 is 42.2. The van der Waals surface area contributed by atoms with Crippen molar-refractivity contribution in [3.63, 3.8) is 0 Å². The molecular formula is C12H10F3NO3S. The summed E-state index contributed by atoms with van der Waals surface area (Å²) in [6.45, 7) is 0.904. The zero-order valence-electron chi connectivity index (χ0n) is 10.3. The van der Waals surface area contributed by atoms with Crippen molar-refractivity contribution in [2.24, 2.45) is 0 Å². The summed E-state index contributed by atoms with van der Waals surface area (Å²) in [7, 11) is 0. The second-order valence-corrected chi connectivity index (χ2v) is 4.59. The van der Waals surface area contributed by atoms with Crippen LogP contribution in [-0.2, 0) is 11.3 Å². The number of halogens is 3. The minimum atomic E-state index is -4.64. The third-order valence-electron chi connectivity index (χ3n) is 2.23. The maximum Gasteiger partial charge on any atom is 0.446 e. The highest BCUT2D eigenvalue weighted by Gasteiger charge is 2.33. The van der Waals surface area contributed by atoms with Gasteiger partial charge in [0.15, 0.2) is 0 Å². The molecule has 1 N–H and O–H groups in total. The van der Waals surface area contributed by atoms with Crippen LogP contribution in [0.25, 0.3) is 0 Å². The first-order chi connectivity index (χ1) is 9.34. The van der Waals surface area contributed by atoms with Crippen LogP contribution >= 0.6 is 11.8 Å². The van der Waals surface area contributed by atoms with E-state index in [1.807, 2.05) is 0 Å². The molecule has 0 heterocycles. The molecule has 8 heteroatoms. The Bertz CT molecular complexity index is 552. The second-order valence-electron chi connectivity index (χ2n) is 3.51. The van der Waals surface area contributed by atoms with Gasteiger partial charge >= 0.3 is 11.5 Å². The van der Waals surface area contributed by atoms with Crippen molar-refractivity contribution >= 4 is 17.7 Å². The van der Waals surface area contributed by atoms with Crippen LogP contribution in [0.2, 0.25) is 0 Å². The van der Waals surface area contributed by atoms with Gasteiger partial charge in [-0.3, -0.25) is 0 Å². The van der Waals surface area contributed by atoms with E-state index in [0.29, 0.717) is 0 Å². The lowest BCUT2D eigenvalue weighted by molar-refractivity contribution is -0.0328. The number of aliphatic hydroxyl groups is 1. The Morgan fingerprint density at radius 3 is 2.60 bits per heavy atom. The molecule has 0 saturated heterocycles. The number of thioether (sulfide) groups is 1. The van der Waals surface area contributed by atoms with Crippen LogP contribution in [0.15, 0.2) is 17.0 Å². The number of benzene rings is 1. The molecule has 0 aliphatic heterocycles. The van der Waals surface area contributed by atoms with Gasteiger partial charge in [-0.2, -0.15) is 18.4 Å². The van der Waals surface area contributed by atoms with Gasteiger partial charge in [-0.1, -0.05) is 6.07 Å². The van der Waals surface area contributed by atoms with E-state index in [2.05, 4.69) is 4.74 Å². The first-order valence-corrected chi connectivity index (χ1v) is 6.25. The highest BCUT2D eigenvalue weighted by molar-refractivity contribution is 8.00. The molecule has 1 aromatic rings. The molecule has 1 aromatic carbocycles. The largest absolute Gasteiger partial charge is 0.462 e. The van der Waals surface area contributed by atoms with E-state index in [1.54, 1.807) is 6.07 Å². The summed E-state index contributed by atoms with van der Waals surface area (Å²) >= 11 is -0.537. The molecule has 0 amide bonds. The Hall–Kier alpha value is -1.72. The van der Waals surface area contributed by atoms with Gasteiger partial charge in [0.2, 0.25) is 0 Å². The topological polar surface area (TPSA) is 70.3 Å². The Morgan fingerprint density at radius 1 is 1.50 bits per heavy atom. The molecule has 0 fully saturated rings. The summed E-state index contributed by atoms with van der Waals surface area (Å²) in [5.74, 6) is -0.877. The summed E-state index contributed by atoms with van der Waals surface area (Å²) in [6.07, 6.45) is 0. The third kappa shape index (κ3) is 3.88. The van der Waals surface area contributed by atoms with Crippen molar-refractivity contribution in [2.75, 3.05) is 6.61 Å². The van der Waals surface area contributed by atoms with Crippen molar-refractivity contribution < 1.29 is 27.8 Å². The molecule has 0 unspecified atom stereocenters. The molecule has 1 rings (SSSR count). The maximum absolute atomic E-state index is 12.5. The minimum absolute atomic E-state index is 0.0349. The van der Waals surface area contributed by atoms with E-state index in [1.165, 1.54) is 19.1 Å². The van der Waals surface area contributed by atoms with E-state index in [0.717, 1.165) is 0 Å². The molecule has 0 aliphatic rings. The summed E-state index contributed by atoms with van der Waals surface area (Å²) in [5, 5.41) is 18.1. The fraction of sp³-hybridized carbons (Fsp3) is 0.333. The second kappa shape index (κ2) is 6.63. The predicted octanol–water partition coefficient (Wildman–Crippen LogP) is 2.84. The summed E-state index contributed by atoms with van der Waals surface area (Å²) in [6, 6.07) is 3.91. The Morgan fingerprint density at radius 2 is 2.15 bits per heavy atom. The van der Waals surface area contributed by atoms with Crippen LogP contribution in [0.4, 0.5) is 13.2 Å². The molecule has 0 atom stereocenters. The van der Waals surface area contributed by atoms with Crippen molar-refractivity contribution in [3.05, 3.63) is 28.8 Å². The van der Waals surface area contributed by atoms with Gasteiger partial charge in [-0.15, -0.1) is 0 Å². The van der Waals surface area contributed by atoms with E-state index in [9.17, 15) is 18.0 Å². The number of hydrogen-bond donors (Lipinski definition) is 1. The summed E-state index contributed by atoms with van der Waals surface area (Å²) in [5.41, 5.74) is -5.41. The average molecular weight is 305 g/mol. The van der Waals surface area contributed by atoms with E-state index >= 15 is 0 Å². The molecular weight excluding hydrogens is 295 g/mol. The van der Waals surface area contributed by atoms with Crippen LogP contribution in [0.1, 0.15) is 28.4 Å². The van der Waals surface area contributed by atoms with E-state index in [4.69, 9.17) is 10.4 Å². The fourth-order valence-electron chi connectivity index (χ4n) is 1.47. The number of esters is 1. The smallest absolute Gasteiger partial charge is 0.446 e. The molecule has 108 valence electrons. The zero-order valence-corrected chi connectivity index (χ0v) is 11.1. The number of carbonyl (C=O) groups is 1. The molecule has 0 saturated carbocycles. The molecule has 0 radical (unpaired) electrons. The normalized spacial score (nSPS) is 11.0. The lowest BCUT2D eigenvalue weighted by Crippen LogP contribution is -2.10. The maximum atomic E-state index is 12.5. The van der Waals surface area contributed by atoms with Gasteiger partial charge in [-0.25, -0.2) is 4.79 Å². The molecule has 0 spiro atoms. The molecule has 4 nitrogen and oxygen atoms in total. The van der Waals surface area contributed by atoms with Gasteiger partial charge < -0.3 is 9.84 Å². The molecule has 20 heavy (non-hydrogen) atoms. The standard InChI is InChI=1S/C12H10F3NO3S/c1-2-19-11(18)8-4-3-7(6-17)10(9(8)5-16)20-12(13,14)15/h3-4,17H,2,6H2,1H3. The molecule has 0 aromatic heterocycles. The lowest BCUT2D eigenvalue weighted by atomic mass is 10.0. The highest BCUT2D eigenvalue weighted by Crippen LogP contribution is 2.41. The number of hydrogen-bond acceptors (Lipinski definition) is 5. The number of aliphatic hydroxyl groups excluding tert-OH is 1. The lowest BCUT2D eigenvalue weighted by Gasteiger charge is -2.13. The Balaban J connectivity index is 3.41. The first-order valence-electron chi connectivity index (χ1n) is 5.43. The van der Waals surface area contributed by atoms with Gasteiger partial charge in [0.25, 0.3) is 0 Å². The average Bonchev–Trinajstić information content (AvgIpc) is 2.36. The van der Waals surface area contributed by atoms with Crippen LogP contribution in [-0.4, -0.2) is 23.2 Å². The number of carbonyl (C=O) groups excluding carboxylic acids is 1. The van der Waals surface area contributed by atoms with E-state index < -0.39 is 40.3 Å². The third-order valence-corrected chi connectivity index (χ3v) is 3.14. The number of alkyl halides is 3. The molecule has 0 bridgehead atoms. The zero-order chi connectivity index (χ0) is 15.3. The van der Waals surface area contributed by atoms with Crippen molar-refractivity contribution in [3.8, 4) is 6.07 Å². The predicted molar refractivity (Wildman–Crippen MR) is 64.9 cm³/mol. The van der Waals surface area contributed by atoms with Crippen molar-refractivity contribution in [1.82, 2.24) is 0 Å². The van der Waals surface area contributed by atoms with E-state index in [-0.39, 0.29) is 17.7 Å². The monoisotopic (exact) mass is 305 g/mol. The number of nitriles is 1. The van der Waals surface area contributed by atoms with Crippen LogP contribution < -0.4 is 0 Å². The Kier molecular flexibility index (Phi) is 5.42. The van der Waals surface area contributed by atoms with Gasteiger partial charge in [-0.05, 0) is 30.3 Å². The van der Waals surface area contributed by atoms with Gasteiger partial charge in [0.05, 0.1) is 24.3 Å². The SMILES string of the molecule is CCOC(=O)c1ccc(CO)c(SC(F)(F)F)c1C#N. The fourth-order valence-corrected chi connectivity index (χ4v) is 2.23. The number of rotatable bonds is 4. The minimum Gasteiger partial charge on any atom is -0.462 e. The molecule has 0 aliphatic carbocycles. The number of nitrogens with zero attached hydrogens (tertiary/aromatic N) is 1. The summed E-state index contributed by atoms with van der Waals surface area (Å²) in [4.78, 5) is 11.1.